The molecule has 7 nitrogen and oxygen atoms in total. The van der Waals surface area contributed by atoms with Gasteiger partial charge in [0.1, 0.15) is 10.7 Å². The van der Waals surface area contributed by atoms with Crippen molar-refractivity contribution in [3.8, 4) is 0 Å². The molecule has 0 bridgehead atoms. The molecule has 0 aliphatic heterocycles. The summed E-state index contributed by atoms with van der Waals surface area (Å²) in [5.41, 5.74) is -2.57. The van der Waals surface area contributed by atoms with Crippen LogP contribution in [0.25, 0.3) is 5.65 Å². The van der Waals surface area contributed by atoms with Gasteiger partial charge in [-0.3, -0.25) is 9.48 Å². The lowest BCUT2D eigenvalue weighted by Crippen LogP contribution is -2.26. The van der Waals surface area contributed by atoms with Crippen molar-refractivity contribution in [2.45, 2.75) is 39.2 Å². The number of carbonyl (C=O) groups excluding carboxylic acids is 1. The summed E-state index contributed by atoms with van der Waals surface area (Å²) in [7, 11) is 0. The lowest BCUT2D eigenvalue weighted by atomic mass is 10.3. The molecule has 14 heteroatoms. The number of carbonyl (C=O) groups is 1. The van der Waals surface area contributed by atoms with E-state index in [-0.39, 0.29) is 35.9 Å². The summed E-state index contributed by atoms with van der Waals surface area (Å²) in [6.07, 6.45) is -9.10. The lowest BCUT2D eigenvalue weighted by Gasteiger charge is -2.09. The fourth-order valence-electron chi connectivity index (χ4n) is 2.85. The summed E-state index contributed by atoms with van der Waals surface area (Å²) in [6, 6.07) is 1.68. The second-order valence-electron chi connectivity index (χ2n) is 6.68. The number of hydrogen-bond donors (Lipinski definition) is 1. The SMILES string of the molecule is Cc1cc(C(F)(F)F)n2nc(C(=O)NCCCn3nc(C(F)(F)F)cc3C)c(Cl)c2n1. The predicted molar refractivity (Wildman–Crippen MR) is 96.7 cm³/mol. The van der Waals surface area contributed by atoms with Crippen molar-refractivity contribution in [2.24, 2.45) is 0 Å². The summed E-state index contributed by atoms with van der Waals surface area (Å²) in [5, 5.41) is 9.20. The number of aryl methyl sites for hydroxylation is 3. The van der Waals surface area contributed by atoms with E-state index in [9.17, 15) is 31.1 Å². The molecule has 0 spiro atoms. The van der Waals surface area contributed by atoms with Crippen LogP contribution in [0.15, 0.2) is 12.1 Å². The van der Waals surface area contributed by atoms with Crippen molar-refractivity contribution in [3.63, 3.8) is 0 Å². The van der Waals surface area contributed by atoms with Gasteiger partial charge in [-0.05, 0) is 32.4 Å². The molecule has 3 rings (SSSR count). The van der Waals surface area contributed by atoms with Crippen LogP contribution in [-0.4, -0.2) is 36.8 Å². The molecule has 1 amide bonds. The van der Waals surface area contributed by atoms with Crippen LogP contribution >= 0.6 is 11.6 Å². The van der Waals surface area contributed by atoms with Crippen LogP contribution in [0.4, 0.5) is 26.3 Å². The van der Waals surface area contributed by atoms with Crippen molar-refractivity contribution in [2.75, 3.05) is 6.54 Å². The first-order valence-electron chi connectivity index (χ1n) is 8.82. The molecule has 31 heavy (non-hydrogen) atoms. The van der Waals surface area contributed by atoms with Gasteiger partial charge in [0.15, 0.2) is 17.0 Å². The summed E-state index contributed by atoms with van der Waals surface area (Å²) < 4.78 is 79.4. The zero-order valence-corrected chi connectivity index (χ0v) is 16.8. The Hall–Kier alpha value is -2.83. The van der Waals surface area contributed by atoms with Gasteiger partial charge in [0.05, 0.1) is 0 Å². The Kier molecular flexibility index (Phi) is 5.91. The Balaban J connectivity index is 1.70. The highest BCUT2D eigenvalue weighted by Gasteiger charge is 2.36. The average molecular weight is 469 g/mol. The molecule has 1 N–H and O–H groups in total. The van der Waals surface area contributed by atoms with Gasteiger partial charge in [-0.15, -0.1) is 0 Å². The number of hydrogen-bond acceptors (Lipinski definition) is 4. The van der Waals surface area contributed by atoms with E-state index < -0.39 is 35.3 Å². The standard InChI is InChI=1S/C17H15ClF6N6O/c1-8-6-11(17(22,23)24)30-14(26-8)12(18)13(28-30)15(31)25-4-3-5-29-9(2)7-10(27-29)16(19,20)21/h6-7H,3-5H2,1-2H3,(H,25,31). The predicted octanol–water partition coefficient (Wildman–Crippen LogP) is 4.05. The number of nitrogens with zero attached hydrogens (tertiary/aromatic N) is 5. The quantitative estimate of drug-likeness (QED) is 0.453. The zero-order valence-electron chi connectivity index (χ0n) is 16.1. The van der Waals surface area contributed by atoms with Gasteiger partial charge < -0.3 is 5.32 Å². The Labute approximate surface area is 176 Å². The molecule has 0 unspecified atom stereocenters. The molecule has 0 fully saturated rings. The first-order valence-corrected chi connectivity index (χ1v) is 9.19. The average Bonchev–Trinajstić information content (AvgIpc) is 3.18. The summed E-state index contributed by atoms with van der Waals surface area (Å²) in [4.78, 5) is 16.2. The molecule has 0 radical (unpaired) electrons. The second kappa shape index (κ2) is 8.02. The van der Waals surface area contributed by atoms with Gasteiger partial charge in [-0.2, -0.15) is 36.5 Å². The van der Waals surface area contributed by atoms with Gasteiger partial charge in [0, 0.05) is 24.5 Å². The Morgan fingerprint density at radius 1 is 1.10 bits per heavy atom. The van der Waals surface area contributed by atoms with E-state index in [0.29, 0.717) is 10.2 Å². The summed E-state index contributed by atoms with van der Waals surface area (Å²) in [5.74, 6) is -0.838. The van der Waals surface area contributed by atoms with Crippen molar-refractivity contribution in [1.82, 2.24) is 29.7 Å². The van der Waals surface area contributed by atoms with E-state index in [1.54, 1.807) is 0 Å². The van der Waals surface area contributed by atoms with Gasteiger partial charge >= 0.3 is 12.4 Å². The fraction of sp³-hybridized carbons (Fsp3) is 0.412. The smallest absolute Gasteiger partial charge is 0.351 e. The Bertz CT molecular complexity index is 1130. The van der Waals surface area contributed by atoms with Crippen molar-refractivity contribution in [3.05, 3.63) is 45.6 Å². The van der Waals surface area contributed by atoms with Crippen LogP contribution in [0.5, 0.6) is 0 Å². The maximum absolute atomic E-state index is 13.2. The monoisotopic (exact) mass is 468 g/mol. The molecule has 0 saturated carbocycles. The van der Waals surface area contributed by atoms with Gasteiger partial charge in [0.25, 0.3) is 5.91 Å². The maximum Gasteiger partial charge on any atom is 0.435 e. The third-order valence-corrected chi connectivity index (χ3v) is 4.62. The van der Waals surface area contributed by atoms with Gasteiger partial charge in [0.2, 0.25) is 0 Å². The minimum Gasteiger partial charge on any atom is -0.351 e. The van der Waals surface area contributed by atoms with Crippen molar-refractivity contribution in [1.29, 1.82) is 0 Å². The maximum atomic E-state index is 13.2. The van der Waals surface area contributed by atoms with Crippen LogP contribution in [0.2, 0.25) is 5.02 Å². The summed E-state index contributed by atoms with van der Waals surface area (Å²) >= 11 is 6.03. The van der Waals surface area contributed by atoms with Crippen LogP contribution in [0.1, 0.15) is 39.7 Å². The molecule has 168 valence electrons. The Morgan fingerprint density at radius 3 is 2.35 bits per heavy atom. The number of amides is 1. The minimum atomic E-state index is -4.74. The first-order chi connectivity index (χ1) is 14.3. The molecule has 3 heterocycles. The van der Waals surface area contributed by atoms with Crippen molar-refractivity contribution >= 4 is 23.2 Å². The normalized spacial score (nSPS) is 12.5. The minimum absolute atomic E-state index is 0.00225. The van der Waals surface area contributed by atoms with E-state index in [1.165, 1.54) is 13.8 Å². The molecule has 0 aliphatic carbocycles. The number of halogens is 7. The number of alkyl halides is 6. The van der Waals surface area contributed by atoms with E-state index in [2.05, 4.69) is 20.5 Å². The largest absolute Gasteiger partial charge is 0.435 e. The highest BCUT2D eigenvalue weighted by atomic mass is 35.5. The van der Waals surface area contributed by atoms with E-state index >= 15 is 0 Å². The number of fused-ring (bicyclic) bond motifs is 1. The second-order valence-corrected chi connectivity index (χ2v) is 7.06. The summed E-state index contributed by atoms with van der Waals surface area (Å²) in [6.45, 7) is 2.90. The molecule has 3 aromatic heterocycles. The molecule has 0 aliphatic rings. The molecular formula is C17H15ClF6N6O. The van der Waals surface area contributed by atoms with Gasteiger partial charge in [-0.1, -0.05) is 11.6 Å². The topological polar surface area (TPSA) is 77.1 Å². The Morgan fingerprint density at radius 2 is 1.77 bits per heavy atom. The fourth-order valence-corrected chi connectivity index (χ4v) is 3.10. The highest BCUT2D eigenvalue weighted by Crippen LogP contribution is 2.32. The van der Waals surface area contributed by atoms with Crippen LogP contribution in [-0.2, 0) is 18.9 Å². The third kappa shape index (κ3) is 4.75. The molecule has 3 aromatic rings. The highest BCUT2D eigenvalue weighted by molar-refractivity contribution is 6.36. The zero-order chi connectivity index (χ0) is 23.1. The van der Waals surface area contributed by atoms with E-state index in [4.69, 9.17) is 11.6 Å². The van der Waals surface area contributed by atoms with Crippen LogP contribution < -0.4 is 5.32 Å². The molecule has 0 saturated heterocycles. The van der Waals surface area contributed by atoms with Crippen molar-refractivity contribution < 1.29 is 31.1 Å². The number of rotatable bonds is 5. The van der Waals surface area contributed by atoms with Gasteiger partial charge in [-0.25, -0.2) is 9.50 Å². The van der Waals surface area contributed by atoms with E-state index in [1.807, 2.05) is 0 Å². The van der Waals surface area contributed by atoms with E-state index in [0.717, 1.165) is 16.8 Å². The van der Waals surface area contributed by atoms with Crippen LogP contribution in [0, 0.1) is 13.8 Å². The molecular weight excluding hydrogens is 454 g/mol. The van der Waals surface area contributed by atoms with Crippen LogP contribution in [0.3, 0.4) is 0 Å². The molecule has 0 atom stereocenters. The first kappa shape index (κ1) is 22.8. The molecule has 0 aromatic carbocycles. The third-order valence-electron chi connectivity index (χ3n) is 4.27. The number of nitrogens with one attached hydrogen (secondary N) is 1. The lowest BCUT2D eigenvalue weighted by molar-refractivity contribution is -0.143. The number of aromatic nitrogens is 5.